The zero-order valence-corrected chi connectivity index (χ0v) is 11.7. The predicted octanol–water partition coefficient (Wildman–Crippen LogP) is 3.78. The molecule has 2 aromatic rings. The van der Waals surface area contributed by atoms with Gasteiger partial charge in [-0.15, -0.1) is 11.8 Å². The van der Waals surface area contributed by atoms with E-state index in [2.05, 4.69) is 37.4 Å². The molecule has 2 nitrogen and oxygen atoms in total. The molecule has 3 heteroatoms. The highest BCUT2D eigenvalue weighted by Gasteiger charge is 1.99. The highest BCUT2D eigenvalue weighted by atomic mass is 32.2. The Bertz CT molecular complexity index is 479. The van der Waals surface area contributed by atoms with E-state index in [0.29, 0.717) is 0 Å². The quantitative estimate of drug-likeness (QED) is 0.633. The molecule has 0 radical (unpaired) electrons. The van der Waals surface area contributed by atoms with Crippen LogP contribution in [0.5, 0.6) is 0 Å². The van der Waals surface area contributed by atoms with Crippen LogP contribution in [0, 0.1) is 13.8 Å². The Hall–Kier alpha value is -1.19. The van der Waals surface area contributed by atoms with Gasteiger partial charge in [0.1, 0.15) is 5.76 Å². The summed E-state index contributed by atoms with van der Waals surface area (Å²) in [6.07, 6.45) is 1.71. The Kier molecular flexibility index (Phi) is 4.90. The van der Waals surface area contributed by atoms with Crippen LogP contribution in [0.1, 0.15) is 16.9 Å². The molecule has 0 bridgehead atoms. The Labute approximate surface area is 113 Å². The maximum absolute atomic E-state index is 5.26. The lowest BCUT2D eigenvalue weighted by Gasteiger charge is -2.07. The van der Waals surface area contributed by atoms with Crippen LogP contribution in [0.25, 0.3) is 0 Å². The van der Waals surface area contributed by atoms with Crippen molar-refractivity contribution in [3.63, 3.8) is 0 Å². The van der Waals surface area contributed by atoms with Gasteiger partial charge < -0.3 is 9.73 Å². The summed E-state index contributed by atoms with van der Waals surface area (Å²) in [5.74, 6) is 2.07. The van der Waals surface area contributed by atoms with E-state index in [1.807, 2.05) is 23.9 Å². The van der Waals surface area contributed by atoms with Crippen LogP contribution >= 0.6 is 11.8 Å². The van der Waals surface area contributed by atoms with E-state index < -0.39 is 0 Å². The molecular formula is C15H19NOS. The van der Waals surface area contributed by atoms with Crippen molar-refractivity contribution in [2.45, 2.75) is 25.3 Å². The summed E-state index contributed by atoms with van der Waals surface area (Å²) in [6, 6.07) is 10.5. The lowest BCUT2D eigenvalue weighted by Crippen LogP contribution is -2.16. The molecule has 0 saturated carbocycles. The zero-order chi connectivity index (χ0) is 12.8. The summed E-state index contributed by atoms with van der Waals surface area (Å²) < 4.78 is 5.26. The highest BCUT2D eigenvalue weighted by Crippen LogP contribution is 2.22. The van der Waals surface area contributed by atoms with E-state index >= 15 is 0 Å². The van der Waals surface area contributed by atoms with Crippen LogP contribution < -0.4 is 5.32 Å². The normalized spacial score (nSPS) is 10.8. The van der Waals surface area contributed by atoms with Gasteiger partial charge in [-0.1, -0.05) is 17.7 Å². The van der Waals surface area contributed by atoms with Gasteiger partial charge in [0.05, 0.1) is 12.8 Å². The summed E-state index contributed by atoms with van der Waals surface area (Å²) in [5.41, 5.74) is 2.69. The van der Waals surface area contributed by atoms with Gasteiger partial charge in [-0.05, 0) is 37.6 Å². The van der Waals surface area contributed by atoms with Crippen LogP contribution in [-0.4, -0.2) is 12.3 Å². The first-order valence-corrected chi connectivity index (χ1v) is 7.17. The van der Waals surface area contributed by atoms with E-state index in [1.54, 1.807) is 6.26 Å². The van der Waals surface area contributed by atoms with Crippen molar-refractivity contribution in [2.24, 2.45) is 0 Å². The molecule has 0 aliphatic rings. The van der Waals surface area contributed by atoms with Crippen LogP contribution in [-0.2, 0) is 6.54 Å². The molecule has 0 unspecified atom stereocenters. The van der Waals surface area contributed by atoms with E-state index in [-0.39, 0.29) is 0 Å². The van der Waals surface area contributed by atoms with Crippen LogP contribution in [0.15, 0.2) is 45.9 Å². The van der Waals surface area contributed by atoms with Crippen LogP contribution in [0.3, 0.4) is 0 Å². The summed E-state index contributed by atoms with van der Waals surface area (Å²) in [6.45, 7) is 6.09. The number of benzene rings is 1. The van der Waals surface area contributed by atoms with E-state index in [1.165, 1.54) is 16.0 Å². The number of hydrogen-bond donors (Lipinski definition) is 1. The lowest BCUT2D eigenvalue weighted by molar-refractivity contribution is 0.488. The number of nitrogens with one attached hydrogen (secondary N) is 1. The molecule has 96 valence electrons. The van der Waals surface area contributed by atoms with Gasteiger partial charge in [0.15, 0.2) is 0 Å². The van der Waals surface area contributed by atoms with Crippen LogP contribution in [0.4, 0.5) is 0 Å². The fraction of sp³-hybridized carbons (Fsp3) is 0.333. The third kappa shape index (κ3) is 3.93. The minimum Gasteiger partial charge on any atom is -0.468 e. The standard InChI is InChI=1S/C15H19NOS/c1-12-5-6-15(13(2)10-12)18-9-7-16-11-14-4-3-8-17-14/h3-6,8,10,16H,7,9,11H2,1-2H3. The molecule has 0 atom stereocenters. The van der Waals surface area contributed by atoms with Crippen molar-refractivity contribution in [1.29, 1.82) is 0 Å². The molecule has 0 aliphatic heterocycles. The largest absolute Gasteiger partial charge is 0.468 e. The van der Waals surface area contributed by atoms with Crippen molar-refractivity contribution in [3.8, 4) is 0 Å². The SMILES string of the molecule is Cc1ccc(SCCNCc2ccco2)c(C)c1. The maximum atomic E-state index is 5.26. The van der Waals surface area contributed by atoms with E-state index in [4.69, 9.17) is 4.42 Å². The molecule has 1 aromatic carbocycles. The Morgan fingerprint density at radius 2 is 2.11 bits per heavy atom. The average Bonchev–Trinajstić information content (AvgIpc) is 2.84. The van der Waals surface area contributed by atoms with Gasteiger partial charge in [-0.25, -0.2) is 0 Å². The topological polar surface area (TPSA) is 25.2 Å². The molecule has 0 spiro atoms. The van der Waals surface area contributed by atoms with Gasteiger partial charge in [-0.3, -0.25) is 0 Å². The molecule has 0 amide bonds. The van der Waals surface area contributed by atoms with E-state index in [9.17, 15) is 0 Å². The molecule has 18 heavy (non-hydrogen) atoms. The van der Waals surface area contributed by atoms with Gasteiger partial charge in [0.25, 0.3) is 0 Å². The van der Waals surface area contributed by atoms with Gasteiger partial charge in [-0.2, -0.15) is 0 Å². The molecule has 1 heterocycles. The van der Waals surface area contributed by atoms with Crippen molar-refractivity contribution < 1.29 is 4.42 Å². The second-order valence-corrected chi connectivity index (χ2v) is 5.51. The molecule has 0 fully saturated rings. The molecule has 0 aliphatic carbocycles. The Morgan fingerprint density at radius 3 is 2.83 bits per heavy atom. The highest BCUT2D eigenvalue weighted by molar-refractivity contribution is 7.99. The summed E-state index contributed by atoms with van der Waals surface area (Å²) in [7, 11) is 0. The monoisotopic (exact) mass is 261 g/mol. The third-order valence-corrected chi connectivity index (χ3v) is 3.92. The number of aryl methyl sites for hydroxylation is 2. The molecule has 1 N–H and O–H groups in total. The van der Waals surface area contributed by atoms with Crippen molar-refractivity contribution in [1.82, 2.24) is 5.32 Å². The number of hydrogen-bond acceptors (Lipinski definition) is 3. The van der Waals surface area contributed by atoms with E-state index in [0.717, 1.165) is 24.6 Å². The van der Waals surface area contributed by atoms with Crippen molar-refractivity contribution in [2.75, 3.05) is 12.3 Å². The summed E-state index contributed by atoms with van der Waals surface area (Å²) in [4.78, 5) is 1.38. The smallest absolute Gasteiger partial charge is 0.117 e. The minimum atomic E-state index is 0.806. The Morgan fingerprint density at radius 1 is 1.22 bits per heavy atom. The second-order valence-electron chi connectivity index (χ2n) is 4.37. The maximum Gasteiger partial charge on any atom is 0.117 e. The minimum absolute atomic E-state index is 0.806. The van der Waals surface area contributed by atoms with Crippen LogP contribution in [0.2, 0.25) is 0 Å². The molecule has 2 rings (SSSR count). The first-order chi connectivity index (χ1) is 8.75. The number of thioether (sulfide) groups is 1. The number of furan rings is 1. The zero-order valence-electron chi connectivity index (χ0n) is 10.9. The van der Waals surface area contributed by atoms with Crippen molar-refractivity contribution >= 4 is 11.8 Å². The second kappa shape index (κ2) is 6.66. The lowest BCUT2D eigenvalue weighted by atomic mass is 10.2. The first kappa shape index (κ1) is 13.2. The van der Waals surface area contributed by atoms with Gasteiger partial charge >= 0.3 is 0 Å². The predicted molar refractivity (Wildman–Crippen MR) is 77.1 cm³/mol. The summed E-state index contributed by atoms with van der Waals surface area (Å²) in [5, 5.41) is 3.37. The Balaban J connectivity index is 1.69. The molecular weight excluding hydrogens is 242 g/mol. The van der Waals surface area contributed by atoms with Crippen molar-refractivity contribution in [3.05, 3.63) is 53.5 Å². The summed E-state index contributed by atoms with van der Waals surface area (Å²) >= 11 is 1.90. The molecule has 1 aromatic heterocycles. The van der Waals surface area contributed by atoms with Gasteiger partial charge in [0, 0.05) is 17.2 Å². The fourth-order valence-electron chi connectivity index (χ4n) is 1.82. The van der Waals surface area contributed by atoms with Gasteiger partial charge in [0.2, 0.25) is 0 Å². The molecule has 0 saturated heterocycles. The third-order valence-electron chi connectivity index (χ3n) is 2.75. The first-order valence-electron chi connectivity index (χ1n) is 6.19. The number of rotatable bonds is 6. The fourth-order valence-corrected chi connectivity index (χ4v) is 2.74. The average molecular weight is 261 g/mol.